The highest BCUT2D eigenvalue weighted by molar-refractivity contribution is 5.35. The van der Waals surface area contributed by atoms with Gasteiger partial charge in [-0.15, -0.1) is 0 Å². The molecule has 0 saturated carbocycles. The second kappa shape index (κ2) is 2.40. The molecular formula is C10H14O. The van der Waals surface area contributed by atoms with Crippen LogP contribution in [0.5, 0.6) is 0 Å². The number of allylic oxidation sites excluding steroid dienone is 4. The number of rotatable bonds is 0. The van der Waals surface area contributed by atoms with Crippen molar-refractivity contribution in [3.8, 4) is 0 Å². The van der Waals surface area contributed by atoms with E-state index >= 15 is 0 Å². The number of hydrogen-bond donors (Lipinski definition) is 0. The van der Waals surface area contributed by atoms with E-state index in [-0.39, 0.29) is 0 Å². The summed E-state index contributed by atoms with van der Waals surface area (Å²) in [6.07, 6.45) is 4.74. The molecule has 1 nitrogen and oxygen atoms in total. The maximum Gasteiger partial charge on any atom is 0.103 e. The summed E-state index contributed by atoms with van der Waals surface area (Å²) in [4.78, 5) is 0. The maximum absolute atomic E-state index is 5.58. The van der Waals surface area contributed by atoms with E-state index in [1.165, 1.54) is 29.7 Å². The summed E-state index contributed by atoms with van der Waals surface area (Å²) in [5.74, 6) is 1.98. The zero-order chi connectivity index (χ0) is 7.84. The van der Waals surface area contributed by atoms with Crippen LogP contribution in [0.4, 0.5) is 0 Å². The minimum Gasteiger partial charge on any atom is -0.497 e. The Morgan fingerprint density at radius 3 is 3.09 bits per heavy atom. The highest BCUT2D eigenvalue weighted by Crippen LogP contribution is 2.36. The average molecular weight is 150 g/mol. The summed E-state index contributed by atoms with van der Waals surface area (Å²) in [7, 11) is 0. The molecule has 1 saturated heterocycles. The van der Waals surface area contributed by atoms with Gasteiger partial charge in [0.2, 0.25) is 0 Å². The lowest BCUT2D eigenvalue weighted by atomic mass is 9.90. The van der Waals surface area contributed by atoms with E-state index in [4.69, 9.17) is 4.74 Å². The van der Waals surface area contributed by atoms with Crippen LogP contribution in [0.1, 0.15) is 26.7 Å². The molecule has 1 heterocycles. The summed E-state index contributed by atoms with van der Waals surface area (Å²) in [5, 5.41) is 0. The van der Waals surface area contributed by atoms with Crippen LogP contribution in [0.25, 0.3) is 0 Å². The van der Waals surface area contributed by atoms with E-state index in [1.54, 1.807) is 0 Å². The molecular weight excluding hydrogens is 136 g/mol. The van der Waals surface area contributed by atoms with Gasteiger partial charge in [-0.25, -0.2) is 0 Å². The lowest BCUT2D eigenvalue weighted by molar-refractivity contribution is 0.254. The molecule has 0 amide bonds. The van der Waals surface area contributed by atoms with Crippen molar-refractivity contribution in [3.63, 3.8) is 0 Å². The van der Waals surface area contributed by atoms with Crippen molar-refractivity contribution in [2.75, 3.05) is 6.61 Å². The molecule has 1 fully saturated rings. The van der Waals surface area contributed by atoms with E-state index in [0.717, 1.165) is 6.61 Å². The summed E-state index contributed by atoms with van der Waals surface area (Å²) < 4.78 is 5.58. The van der Waals surface area contributed by atoms with Gasteiger partial charge in [0.05, 0.1) is 6.61 Å². The molecule has 1 atom stereocenters. The molecule has 1 heteroatoms. The van der Waals surface area contributed by atoms with Gasteiger partial charge in [-0.1, -0.05) is 6.08 Å². The fourth-order valence-electron chi connectivity index (χ4n) is 1.87. The Morgan fingerprint density at radius 1 is 1.45 bits per heavy atom. The molecule has 2 aliphatic rings. The van der Waals surface area contributed by atoms with E-state index in [0.29, 0.717) is 5.92 Å². The summed E-state index contributed by atoms with van der Waals surface area (Å²) in [6, 6.07) is 0. The van der Waals surface area contributed by atoms with Crippen molar-refractivity contribution < 1.29 is 4.74 Å². The lowest BCUT2D eigenvalue weighted by Gasteiger charge is -2.17. The van der Waals surface area contributed by atoms with Gasteiger partial charge in [-0.05, 0) is 37.8 Å². The monoisotopic (exact) mass is 150 g/mol. The molecule has 1 aliphatic carbocycles. The van der Waals surface area contributed by atoms with Gasteiger partial charge in [-0.2, -0.15) is 0 Å². The van der Waals surface area contributed by atoms with Gasteiger partial charge in [0.1, 0.15) is 5.76 Å². The van der Waals surface area contributed by atoms with Crippen LogP contribution in [0.2, 0.25) is 0 Å². The van der Waals surface area contributed by atoms with Crippen molar-refractivity contribution in [2.45, 2.75) is 26.7 Å². The highest BCUT2D eigenvalue weighted by Gasteiger charge is 2.26. The maximum atomic E-state index is 5.58. The quantitative estimate of drug-likeness (QED) is 0.516. The normalized spacial score (nSPS) is 29.6. The lowest BCUT2D eigenvalue weighted by Crippen LogP contribution is -2.04. The number of fused-ring (bicyclic) bond motifs is 1. The molecule has 1 aliphatic heterocycles. The third-order valence-corrected chi connectivity index (χ3v) is 2.76. The first-order chi connectivity index (χ1) is 5.29. The SMILES string of the molecule is CC1=CCC2CCOC2=C1C. The van der Waals surface area contributed by atoms with Crippen LogP contribution in [0.3, 0.4) is 0 Å². The smallest absolute Gasteiger partial charge is 0.103 e. The van der Waals surface area contributed by atoms with Gasteiger partial charge >= 0.3 is 0 Å². The van der Waals surface area contributed by atoms with Crippen LogP contribution in [0.15, 0.2) is 23.0 Å². The first-order valence-electron chi connectivity index (χ1n) is 4.29. The summed E-state index contributed by atoms with van der Waals surface area (Å²) >= 11 is 0. The molecule has 0 aromatic rings. The molecule has 11 heavy (non-hydrogen) atoms. The van der Waals surface area contributed by atoms with Crippen molar-refractivity contribution in [2.24, 2.45) is 5.92 Å². The Morgan fingerprint density at radius 2 is 2.27 bits per heavy atom. The van der Waals surface area contributed by atoms with Gasteiger partial charge in [0.25, 0.3) is 0 Å². The van der Waals surface area contributed by atoms with Crippen LogP contribution < -0.4 is 0 Å². The van der Waals surface area contributed by atoms with E-state index in [9.17, 15) is 0 Å². The molecule has 0 radical (unpaired) electrons. The molecule has 0 N–H and O–H groups in total. The second-order valence-corrected chi connectivity index (χ2v) is 3.45. The van der Waals surface area contributed by atoms with Crippen molar-refractivity contribution in [3.05, 3.63) is 23.0 Å². The fraction of sp³-hybridized carbons (Fsp3) is 0.600. The zero-order valence-electron chi connectivity index (χ0n) is 7.18. The van der Waals surface area contributed by atoms with Gasteiger partial charge in [0.15, 0.2) is 0 Å². The molecule has 0 aromatic heterocycles. The second-order valence-electron chi connectivity index (χ2n) is 3.45. The average Bonchev–Trinajstić information content (AvgIpc) is 2.45. The molecule has 2 rings (SSSR count). The van der Waals surface area contributed by atoms with Crippen molar-refractivity contribution >= 4 is 0 Å². The predicted octanol–water partition coefficient (Wildman–Crippen LogP) is 2.65. The number of hydrogen-bond acceptors (Lipinski definition) is 1. The van der Waals surface area contributed by atoms with E-state index in [1.807, 2.05) is 0 Å². The molecule has 0 aromatic carbocycles. The molecule has 1 unspecified atom stereocenters. The summed E-state index contributed by atoms with van der Waals surface area (Å²) in [6.45, 7) is 5.26. The van der Waals surface area contributed by atoms with Crippen LogP contribution in [-0.2, 0) is 4.74 Å². The largest absolute Gasteiger partial charge is 0.497 e. The first kappa shape index (κ1) is 6.96. The standard InChI is InChI=1S/C10H14O/c1-7-3-4-9-5-6-11-10(9)8(7)2/h3,9H,4-6H2,1-2H3. The van der Waals surface area contributed by atoms with E-state index < -0.39 is 0 Å². The molecule has 0 spiro atoms. The Kier molecular flexibility index (Phi) is 1.52. The Labute approximate surface area is 67.7 Å². The van der Waals surface area contributed by atoms with Crippen LogP contribution in [0, 0.1) is 5.92 Å². The Balaban J connectivity index is 2.36. The topological polar surface area (TPSA) is 9.23 Å². The minimum atomic E-state index is 0.707. The van der Waals surface area contributed by atoms with Crippen molar-refractivity contribution in [1.82, 2.24) is 0 Å². The van der Waals surface area contributed by atoms with Crippen LogP contribution >= 0.6 is 0 Å². The Bertz CT molecular complexity index is 235. The van der Waals surface area contributed by atoms with Gasteiger partial charge in [0, 0.05) is 5.92 Å². The number of ether oxygens (including phenoxy) is 1. The zero-order valence-corrected chi connectivity index (χ0v) is 7.18. The first-order valence-corrected chi connectivity index (χ1v) is 4.29. The fourth-order valence-corrected chi connectivity index (χ4v) is 1.87. The van der Waals surface area contributed by atoms with Gasteiger partial charge in [-0.3, -0.25) is 0 Å². The minimum absolute atomic E-state index is 0.707. The van der Waals surface area contributed by atoms with Crippen LogP contribution in [-0.4, -0.2) is 6.61 Å². The third-order valence-electron chi connectivity index (χ3n) is 2.76. The highest BCUT2D eigenvalue weighted by atomic mass is 16.5. The molecule has 60 valence electrons. The molecule has 0 bridgehead atoms. The third kappa shape index (κ3) is 0.991. The van der Waals surface area contributed by atoms with E-state index in [2.05, 4.69) is 19.9 Å². The van der Waals surface area contributed by atoms with Crippen molar-refractivity contribution in [1.29, 1.82) is 0 Å². The van der Waals surface area contributed by atoms with Gasteiger partial charge < -0.3 is 4.74 Å². The Hall–Kier alpha value is -0.720. The summed E-state index contributed by atoms with van der Waals surface area (Å²) in [5.41, 5.74) is 2.77. The predicted molar refractivity (Wildman–Crippen MR) is 45.1 cm³/mol.